The Bertz CT molecular complexity index is 753. The van der Waals surface area contributed by atoms with Crippen LogP contribution in [0.15, 0.2) is 46.9 Å². The van der Waals surface area contributed by atoms with E-state index in [4.69, 9.17) is 0 Å². The van der Waals surface area contributed by atoms with Crippen molar-refractivity contribution in [3.8, 4) is 0 Å². The Balaban J connectivity index is 1.81. The number of amides is 2. The number of hydrogen-bond acceptors (Lipinski definition) is 2. The van der Waals surface area contributed by atoms with Gasteiger partial charge < -0.3 is 10.2 Å². The van der Waals surface area contributed by atoms with Gasteiger partial charge in [0.2, 0.25) is 5.91 Å². The third-order valence-corrected chi connectivity index (χ3v) is 4.25. The maximum atomic E-state index is 12.5. The number of nitrogens with one attached hydrogen (secondary N) is 1. The molecule has 2 aromatic carbocycles. The van der Waals surface area contributed by atoms with E-state index < -0.39 is 0 Å². The zero-order valence-electron chi connectivity index (χ0n) is 12.8. The lowest BCUT2D eigenvalue weighted by Gasteiger charge is -2.16. The highest BCUT2D eigenvalue weighted by Crippen LogP contribution is 2.23. The molecule has 1 N–H and O–H groups in total. The first-order valence-corrected chi connectivity index (χ1v) is 8.31. The zero-order chi connectivity index (χ0) is 16.4. The fraction of sp³-hybridized carbons (Fsp3) is 0.222. The van der Waals surface area contributed by atoms with Crippen molar-refractivity contribution in [3.63, 3.8) is 0 Å². The lowest BCUT2D eigenvalue weighted by atomic mass is 10.1. The first kappa shape index (κ1) is 15.7. The highest BCUT2D eigenvalue weighted by molar-refractivity contribution is 9.10. The van der Waals surface area contributed by atoms with Crippen molar-refractivity contribution in [2.24, 2.45) is 0 Å². The summed E-state index contributed by atoms with van der Waals surface area (Å²) in [6, 6.07) is 12.9. The van der Waals surface area contributed by atoms with Crippen molar-refractivity contribution in [1.82, 2.24) is 0 Å². The summed E-state index contributed by atoms with van der Waals surface area (Å²) in [6.45, 7) is 2.69. The monoisotopic (exact) mass is 372 g/mol. The first-order valence-electron chi connectivity index (χ1n) is 7.52. The summed E-state index contributed by atoms with van der Waals surface area (Å²) in [6.07, 6.45) is 1.44. The van der Waals surface area contributed by atoms with Crippen molar-refractivity contribution in [1.29, 1.82) is 0 Å². The van der Waals surface area contributed by atoms with E-state index in [1.165, 1.54) is 0 Å². The van der Waals surface area contributed by atoms with E-state index >= 15 is 0 Å². The maximum absolute atomic E-state index is 12.5. The second-order valence-corrected chi connectivity index (χ2v) is 6.59. The molecule has 0 bridgehead atoms. The van der Waals surface area contributed by atoms with Gasteiger partial charge in [0.15, 0.2) is 0 Å². The van der Waals surface area contributed by atoms with Gasteiger partial charge in [0.05, 0.1) is 0 Å². The number of benzene rings is 2. The van der Waals surface area contributed by atoms with Crippen molar-refractivity contribution >= 4 is 39.1 Å². The third kappa shape index (κ3) is 3.62. The Kier molecular flexibility index (Phi) is 4.48. The molecule has 0 atom stereocenters. The molecule has 1 aliphatic rings. The molecule has 3 rings (SSSR count). The summed E-state index contributed by atoms with van der Waals surface area (Å²) in [5.74, 6) is -0.0684. The fourth-order valence-electron chi connectivity index (χ4n) is 2.75. The van der Waals surface area contributed by atoms with Crippen LogP contribution in [0, 0.1) is 6.92 Å². The molecular weight excluding hydrogens is 356 g/mol. The lowest BCUT2D eigenvalue weighted by molar-refractivity contribution is -0.117. The van der Waals surface area contributed by atoms with Gasteiger partial charge in [-0.3, -0.25) is 9.59 Å². The Morgan fingerprint density at radius 2 is 2.04 bits per heavy atom. The number of carbonyl (C=O) groups excluding carboxylic acids is 2. The quantitative estimate of drug-likeness (QED) is 0.879. The number of anilines is 2. The van der Waals surface area contributed by atoms with E-state index in [9.17, 15) is 9.59 Å². The van der Waals surface area contributed by atoms with E-state index in [0.717, 1.165) is 27.8 Å². The number of halogens is 1. The highest BCUT2D eigenvalue weighted by Gasteiger charge is 2.22. The van der Waals surface area contributed by atoms with Gasteiger partial charge in [0.25, 0.3) is 5.91 Å². The number of hydrogen-bond donors (Lipinski definition) is 1. The van der Waals surface area contributed by atoms with Crippen LogP contribution in [0.1, 0.15) is 28.8 Å². The van der Waals surface area contributed by atoms with Crippen LogP contribution in [0.4, 0.5) is 11.4 Å². The number of carbonyl (C=O) groups is 2. The Hall–Kier alpha value is -2.14. The summed E-state index contributed by atoms with van der Waals surface area (Å²) >= 11 is 3.43. The Morgan fingerprint density at radius 1 is 1.22 bits per heavy atom. The molecule has 5 heteroatoms. The molecular formula is C18H17BrN2O2. The minimum Gasteiger partial charge on any atom is -0.322 e. The second-order valence-electron chi connectivity index (χ2n) is 5.67. The van der Waals surface area contributed by atoms with Crippen molar-refractivity contribution in [2.45, 2.75) is 19.8 Å². The molecule has 23 heavy (non-hydrogen) atoms. The van der Waals surface area contributed by atoms with Gasteiger partial charge in [-0.2, -0.15) is 0 Å². The van der Waals surface area contributed by atoms with Crippen LogP contribution >= 0.6 is 15.9 Å². The van der Waals surface area contributed by atoms with Crippen LogP contribution in [0.5, 0.6) is 0 Å². The molecule has 0 spiro atoms. The van der Waals surface area contributed by atoms with Gasteiger partial charge in [-0.25, -0.2) is 0 Å². The molecule has 1 fully saturated rings. The van der Waals surface area contributed by atoms with Gasteiger partial charge in [-0.15, -0.1) is 0 Å². The summed E-state index contributed by atoms with van der Waals surface area (Å²) in [4.78, 5) is 26.0. The summed E-state index contributed by atoms with van der Waals surface area (Å²) in [7, 11) is 0. The van der Waals surface area contributed by atoms with Gasteiger partial charge in [0.1, 0.15) is 0 Å². The van der Waals surface area contributed by atoms with Crippen LogP contribution in [-0.4, -0.2) is 18.4 Å². The SMILES string of the molecule is Cc1cc(Br)cc(NC(=O)c2cccc(N3CCCC3=O)c2)c1. The standard InChI is InChI=1S/C18H17BrN2O2/c1-12-8-14(19)11-15(9-12)20-18(23)13-4-2-5-16(10-13)21-7-3-6-17(21)22/h2,4-5,8-11H,3,6-7H2,1H3,(H,20,23). The topological polar surface area (TPSA) is 49.4 Å². The predicted octanol–water partition coefficient (Wildman–Crippen LogP) is 4.14. The Labute approximate surface area is 143 Å². The average molecular weight is 373 g/mol. The normalized spacial score (nSPS) is 14.2. The zero-order valence-corrected chi connectivity index (χ0v) is 14.4. The van der Waals surface area contributed by atoms with E-state index in [0.29, 0.717) is 18.5 Å². The van der Waals surface area contributed by atoms with E-state index in [1.54, 1.807) is 17.0 Å². The predicted molar refractivity (Wildman–Crippen MR) is 94.9 cm³/mol. The molecule has 2 aromatic rings. The van der Waals surface area contributed by atoms with Crippen LogP contribution in [0.25, 0.3) is 0 Å². The van der Waals surface area contributed by atoms with Gasteiger partial charge in [-0.1, -0.05) is 22.0 Å². The molecule has 1 saturated heterocycles. The molecule has 0 aliphatic carbocycles. The molecule has 4 nitrogen and oxygen atoms in total. The highest BCUT2D eigenvalue weighted by atomic mass is 79.9. The van der Waals surface area contributed by atoms with Crippen molar-refractivity contribution in [3.05, 3.63) is 58.1 Å². The summed E-state index contributed by atoms with van der Waals surface area (Å²) < 4.78 is 0.921. The maximum Gasteiger partial charge on any atom is 0.255 e. The summed E-state index contributed by atoms with van der Waals surface area (Å²) in [5.41, 5.74) is 3.13. The molecule has 0 saturated carbocycles. The fourth-order valence-corrected chi connectivity index (χ4v) is 3.36. The van der Waals surface area contributed by atoms with Crippen LogP contribution < -0.4 is 10.2 Å². The number of nitrogens with zero attached hydrogens (tertiary/aromatic N) is 1. The first-order chi connectivity index (χ1) is 11.0. The molecule has 0 unspecified atom stereocenters. The number of rotatable bonds is 3. The van der Waals surface area contributed by atoms with Gasteiger partial charge >= 0.3 is 0 Å². The van der Waals surface area contributed by atoms with Gasteiger partial charge in [0, 0.05) is 34.4 Å². The molecule has 118 valence electrons. The van der Waals surface area contributed by atoms with Crippen LogP contribution in [0.2, 0.25) is 0 Å². The molecule has 0 aromatic heterocycles. The largest absolute Gasteiger partial charge is 0.322 e. The number of aryl methyl sites for hydroxylation is 1. The van der Waals surface area contributed by atoms with E-state index in [2.05, 4.69) is 21.2 Å². The Morgan fingerprint density at radius 3 is 2.74 bits per heavy atom. The molecule has 0 radical (unpaired) electrons. The second kappa shape index (κ2) is 6.54. The van der Waals surface area contributed by atoms with Crippen LogP contribution in [0.3, 0.4) is 0 Å². The molecule has 1 aliphatic heterocycles. The minimum atomic E-state index is -0.184. The molecule has 2 amide bonds. The van der Waals surface area contributed by atoms with Gasteiger partial charge in [-0.05, 0) is 55.3 Å². The average Bonchev–Trinajstić information content (AvgIpc) is 2.92. The summed E-state index contributed by atoms with van der Waals surface area (Å²) in [5, 5.41) is 2.90. The van der Waals surface area contributed by atoms with Crippen molar-refractivity contribution < 1.29 is 9.59 Å². The van der Waals surface area contributed by atoms with E-state index in [1.807, 2.05) is 37.3 Å². The van der Waals surface area contributed by atoms with E-state index in [-0.39, 0.29) is 11.8 Å². The molecule has 1 heterocycles. The third-order valence-electron chi connectivity index (χ3n) is 3.79. The minimum absolute atomic E-state index is 0.116. The lowest BCUT2D eigenvalue weighted by Crippen LogP contribution is -2.24. The smallest absolute Gasteiger partial charge is 0.255 e. The van der Waals surface area contributed by atoms with Crippen LogP contribution in [-0.2, 0) is 4.79 Å². The van der Waals surface area contributed by atoms with Crippen molar-refractivity contribution in [2.75, 3.05) is 16.8 Å².